The first-order valence-corrected chi connectivity index (χ1v) is 4.42. The zero-order valence-corrected chi connectivity index (χ0v) is 8.00. The smallest absolute Gasteiger partial charge is 0.316 e. The Balaban J connectivity index is 3.33. The summed E-state index contributed by atoms with van der Waals surface area (Å²) in [6, 6.07) is 0. The highest BCUT2D eigenvalue weighted by atomic mass is 79.9. The molecule has 0 aromatic carbocycles. The molecule has 0 atom stereocenters. The summed E-state index contributed by atoms with van der Waals surface area (Å²) in [6.45, 7) is 2.27. The fourth-order valence-electron chi connectivity index (χ4n) is 0.425. The van der Waals surface area contributed by atoms with Crippen molar-refractivity contribution in [2.24, 2.45) is 0 Å². The van der Waals surface area contributed by atoms with Crippen molar-refractivity contribution in [3.05, 3.63) is 24.3 Å². The van der Waals surface area contributed by atoms with Crippen LogP contribution in [-0.2, 0) is 9.53 Å². The number of hydrogen-bond acceptors (Lipinski definition) is 2. The van der Waals surface area contributed by atoms with Gasteiger partial charge in [-0.05, 0) is 13.0 Å². The van der Waals surface area contributed by atoms with Crippen LogP contribution in [0.4, 0.5) is 0 Å². The van der Waals surface area contributed by atoms with Gasteiger partial charge in [-0.1, -0.05) is 34.2 Å². The Morgan fingerprint density at radius 1 is 1.55 bits per heavy atom. The molecule has 0 aliphatic rings. The number of carbonyl (C=O) groups is 1. The van der Waals surface area contributed by atoms with Gasteiger partial charge >= 0.3 is 5.97 Å². The fourth-order valence-corrected chi connectivity index (χ4v) is 0.587. The van der Waals surface area contributed by atoms with Gasteiger partial charge in [-0.2, -0.15) is 0 Å². The molecule has 62 valence electrons. The minimum absolute atomic E-state index is 0.241. The molecule has 0 fully saturated rings. The zero-order valence-electron chi connectivity index (χ0n) is 6.42. The van der Waals surface area contributed by atoms with Crippen molar-refractivity contribution in [3.8, 4) is 0 Å². The van der Waals surface area contributed by atoms with Gasteiger partial charge in [0.15, 0.2) is 0 Å². The van der Waals surface area contributed by atoms with Crippen LogP contribution < -0.4 is 0 Å². The first-order valence-electron chi connectivity index (χ1n) is 3.30. The molecule has 0 saturated heterocycles. The van der Waals surface area contributed by atoms with Gasteiger partial charge in [-0.15, -0.1) is 0 Å². The van der Waals surface area contributed by atoms with E-state index in [4.69, 9.17) is 4.74 Å². The molecule has 0 amide bonds. The van der Waals surface area contributed by atoms with Crippen molar-refractivity contribution in [1.82, 2.24) is 0 Å². The van der Waals surface area contributed by atoms with Crippen LogP contribution in [0.25, 0.3) is 0 Å². The molecule has 0 saturated carbocycles. The van der Waals surface area contributed by atoms with Gasteiger partial charge in [-0.3, -0.25) is 4.79 Å². The summed E-state index contributed by atoms with van der Waals surface area (Å²) < 4.78 is 4.73. The van der Waals surface area contributed by atoms with Crippen molar-refractivity contribution >= 4 is 21.9 Å². The topological polar surface area (TPSA) is 26.3 Å². The van der Waals surface area contributed by atoms with Crippen LogP contribution in [0.5, 0.6) is 0 Å². The standard InChI is InChI=1S/C8H11BrO2/c1-2-3-4-5-6-11-8(10)7-9/h2-5H,6-7H2,1H3/b3-2+,5-4+. The van der Waals surface area contributed by atoms with Gasteiger partial charge in [-0.25, -0.2) is 0 Å². The van der Waals surface area contributed by atoms with Crippen molar-refractivity contribution in [2.45, 2.75) is 6.92 Å². The average molecular weight is 219 g/mol. The van der Waals surface area contributed by atoms with Gasteiger partial charge in [0.05, 0.1) is 0 Å². The number of rotatable bonds is 4. The molecule has 3 heteroatoms. The van der Waals surface area contributed by atoms with Crippen molar-refractivity contribution in [2.75, 3.05) is 11.9 Å². The normalized spacial score (nSPS) is 11.1. The number of carbonyl (C=O) groups excluding carboxylic acids is 1. The third kappa shape index (κ3) is 7.33. The predicted molar refractivity (Wildman–Crippen MR) is 48.7 cm³/mol. The molecular weight excluding hydrogens is 208 g/mol. The second-order valence-corrected chi connectivity index (χ2v) is 2.33. The Labute approximate surface area is 75.1 Å². The fraction of sp³-hybridized carbons (Fsp3) is 0.375. The van der Waals surface area contributed by atoms with E-state index in [0.717, 1.165) is 0 Å². The van der Waals surface area contributed by atoms with E-state index in [9.17, 15) is 4.79 Å². The van der Waals surface area contributed by atoms with Crippen molar-refractivity contribution < 1.29 is 9.53 Å². The van der Waals surface area contributed by atoms with Crippen LogP contribution >= 0.6 is 15.9 Å². The van der Waals surface area contributed by atoms with E-state index >= 15 is 0 Å². The second kappa shape index (κ2) is 7.54. The highest BCUT2D eigenvalue weighted by Crippen LogP contribution is 1.86. The third-order valence-corrected chi connectivity index (χ3v) is 1.35. The summed E-state index contributed by atoms with van der Waals surface area (Å²) in [5.41, 5.74) is 0. The molecule has 0 spiro atoms. The largest absolute Gasteiger partial charge is 0.461 e. The Morgan fingerprint density at radius 2 is 2.27 bits per heavy atom. The van der Waals surface area contributed by atoms with Gasteiger partial charge in [0, 0.05) is 0 Å². The highest BCUT2D eigenvalue weighted by molar-refractivity contribution is 9.09. The first kappa shape index (κ1) is 10.4. The molecular formula is C8H11BrO2. The molecule has 0 unspecified atom stereocenters. The lowest BCUT2D eigenvalue weighted by Gasteiger charge is -1.95. The van der Waals surface area contributed by atoms with Crippen LogP contribution in [0.3, 0.4) is 0 Å². The first-order chi connectivity index (χ1) is 5.31. The van der Waals surface area contributed by atoms with Crippen LogP contribution in [0.15, 0.2) is 24.3 Å². The summed E-state index contributed by atoms with van der Waals surface area (Å²) in [7, 11) is 0. The van der Waals surface area contributed by atoms with E-state index in [1.807, 2.05) is 25.2 Å². The van der Waals surface area contributed by atoms with E-state index in [1.54, 1.807) is 6.08 Å². The van der Waals surface area contributed by atoms with Gasteiger partial charge in [0.1, 0.15) is 11.9 Å². The lowest BCUT2D eigenvalue weighted by Crippen LogP contribution is -2.04. The third-order valence-electron chi connectivity index (χ3n) is 0.889. The van der Waals surface area contributed by atoms with Crippen LogP contribution in [-0.4, -0.2) is 17.9 Å². The lowest BCUT2D eigenvalue weighted by atomic mass is 10.4. The molecule has 0 heterocycles. The molecule has 0 radical (unpaired) electrons. The Bertz CT molecular complexity index is 161. The van der Waals surface area contributed by atoms with Gasteiger partial charge in [0.2, 0.25) is 0 Å². The number of esters is 1. The Morgan fingerprint density at radius 3 is 2.82 bits per heavy atom. The molecule has 0 aliphatic carbocycles. The van der Waals surface area contributed by atoms with E-state index in [2.05, 4.69) is 15.9 Å². The summed E-state index contributed by atoms with van der Waals surface area (Å²) >= 11 is 2.98. The number of hydrogen-bond donors (Lipinski definition) is 0. The van der Waals surface area contributed by atoms with E-state index < -0.39 is 0 Å². The number of halogens is 1. The van der Waals surface area contributed by atoms with E-state index in [-0.39, 0.29) is 11.3 Å². The van der Waals surface area contributed by atoms with Crippen LogP contribution in [0, 0.1) is 0 Å². The van der Waals surface area contributed by atoms with E-state index in [1.165, 1.54) is 0 Å². The SMILES string of the molecule is C/C=C/C=C/COC(=O)CBr. The maximum atomic E-state index is 10.5. The maximum absolute atomic E-state index is 10.5. The number of alkyl halides is 1. The summed E-state index contributed by atoms with van der Waals surface area (Å²) in [5, 5.41) is 0.254. The van der Waals surface area contributed by atoms with E-state index in [0.29, 0.717) is 6.61 Å². The van der Waals surface area contributed by atoms with Crippen LogP contribution in [0.1, 0.15) is 6.92 Å². The molecule has 0 bridgehead atoms. The average Bonchev–Trinajstić information content (AvgIpc) is 2.04. The molecule has 0 N–H and O–H groups in total. The van der Waals surface area contributed by atoms with Gasteiger partial charge in [0.25, 0.3) is 0 Å². The van der Waals surface area contributed by atoms with Crippen molar-refractivity contribution in [3.63, 3.8) is 0 Å². The monoisotopic (exact) mass is 218 g/mol. The summed E-state index contributed by atoms with van der Waals surface area (Å²) in [6.07, 6.45) is 7.40. The molecule has 0 aliphatic heterocycles. The molecule has 0 rings (SSSR count). The Kier molecular flexibility index (Phi) is 7.15. The van der Waals surface area contributed by atoms with Gasteiger partial charge < -0.3 is 4.74 Å². The number of ether oxygens (including phenoxy) is 1. The quantitative estimate of drug-likeness (QED) is 0.411. The molecule has 2 nitrogen and oxygen atoms in total. The lowest BCUT2D eigenvalue weighted by molar-refractivity contribution is -0.139. The minimum atomic E-state index is -0.241. The highest BCUT2D eigenvalue weighted by Gasteiger charge is 1.94. The summed E-state index contributed by atoms with van der Waals surface area (Å²) in [4.78, 5) is 10.5. The van der Waals surface area contributed by atoms with Crippen molar-refractivity contribution in [1.29, 1.82) is 0 Å². The predicted octanol–water partition coefficient (Wildman–Crippen LogP) is 2.06. The maximum Gasteiger partial charge on any atom is 0.316 e. The minimum Gasteiger partial charge on any atom is -0.461 e. The van der Waals surface area contributed by atoms with Crippen LogP contribution in [0.2, 0.25) is 0 Å². The zero-order chi connectivity index (χ0) is 8.53. The molecule has 11 heavy (non-hydrogen) atoms. The second-order valence-electron chi connectivity index (χ2n) is 1.77. The summed E-state index contributed by atoms with van der Waals surface area (Å²) in [5.74, 6) is -0.241. The molecule has 0 aromatic rings. The number of allylic oxidation sites excluding steroid dienone is 3. The Hall–Kier alpha value is -0.570. The molecule has 0 aromatic heterocycles.